The molecule has 0 aromatic heterocycles. The van der Waals surface area contributed by atoms with Gasteiger partial charge in [0.05, 0.1) is 11.6 Å². The van der Waals surface area contributed by atoms with Crippen molar-refractivity contribution in [1.29, 1.82) is 0 Å². The van der Waals surface area contributed by atoms with Gasteiger partial charge in [-0.2, -0.15) is 0 Å². The second-order valence-corrected chi connectivity index (χ2v) is 8.12. The molecule has 0 N–H and O–H groups in total. The molecule has 0 aliphatic carbocycles. The molecule has 0 saturated carbocycles. The maximum Gasteiger partial charge on any atom is 0.321 e. The van der Waals surface area contributed by atoms with Crippen LogP contribution in [0.2, 0.25) is 6.04 Å². The number of para-hydroxylation sites is 1. The highest BCUT2D eigenvalue weighted by Gasteiger charge is 2.20. The van der Waals surface area contributed by atoms with E-state index in [0.29, 0.717) is 0 Å². The molecule has 6 heteroatoms. The smallest absolute Gasteiger partial charge is 0.321 e. The van der Waals surface area contributed by atoms with E-state index in [0.717, 1.165) is 17.7 Å². The van der Waals surface area contributed by atoms with Crippen molar-refractivity contribution in [3.63, 3.8) is 0 Å². The maximum atomic E-state index is 5.31. The summed E-state index contributed by atoms with van der Waals surface area (Å²) in [7, 11) is 2.09. The van der Waals surface area contributed by atoms with Crippen molar-refractivity contribution in [3.8, 4) is 0 Å². The zero-order valence-electron chi connectivity index (χ0n) is 10.1. The number of nitrogens with zero attached hydrogens (tertiary/aromatic N) is 1. The van der Waals surface area contributed by atoms with E-state index in [4.69, 9.17) is 8.85 Å². The van der Waals surface area contributed by atoms with Gasteiger partial charge in [0.15, 0.2) is 0 Å². The normalized spacial score (nSPS) is 14.4. The number of thioether (sulfide) groups is 1. The molecule has 1 heterocycles. The van der Waals surface area contributed by atoms with E-state index in [1.807, 2.05) is 23.7 Å². The molecule has 1 aliphatic heterocycles. The Hall–Kier alpha value is -0.143. The first-order chi connectivity index (χ1) is 8.35. The fraction of sp³-hybridized carbons (Fsp3) is 0.455. The predicted molar refractivity (Wildman–Crippen MR) is 78.1 cm³/mol. The molecule has 3 nitrogen and oxygen atoms in total. The number of hydrogen-bond acceptors (Lipinski definition) is 5. The van der Waals surface area contributed by atoms with Gasteiger partial charge in [-0.05, 0) is 30.1 Å². The van der Waals surface area contributed by atoms with Crippen LogP contribution >= 0.6 is 23.7 Å². The average Bonchev–Trinajstić information content (AvgIpc) is 2.78. The summed E-state index contributed by atoms with van der Waals surface area (Å²) in [6, 6.07) is 9.60. The van der Waals surface area contributed by atoms with E-state index in [9.17, 15) is 0 Å². The van der Waals surface area contributed by atoms with Crippen molar-refractivity contribution in [2.24, 2.45) is 0 Å². The lowest BCUT2D eigenvalue weighted by molar-refractivity contribution is 0.279. The first kappa shape index (κ1) is 13.3. The van der Waals surface area contributed by atoms with Gasteiger partial charge >= 0.3 is 9.28 Å². The highest BCUT2D eigenvalue weighted by Crippen LogP contribution is 2.41. The minimum Gasteiger partial charge on any atom is -0.400 e. The molecular formula is C11H17NO2S2Si. The van der Waals surface area contributed by atoms with Crippen LogP contribution in [-0.4, -0.2) is 35.1 Å². The van der Waals surface area contributed by atoms with Gasteiger partial charge in [0.2, 0.25) is 0 Å². The average molecular weight is 287 g/mol. The highest BCUT2D eigenvalue weighted by atomic mass is 32.2. The van der Waals surface area contributed by atoms with Crippen molar-refractivity contribution in [2.45, 2.75) is 10.9 Å². The van der Waals surface area contributed by atoms with Crippen molar-refractivity contribution in [2.75, 3.05) is 30.2 Å². The van der Waals surface area contributed by atoms with E-state index in [-0.39, 0.29) is 0 Å². The van der Waals surface area contributed by atoms with Crippen molar-refractivity contribution < 1.29 is 8.85 Å². The Balaban J connectivity index is 1.82. The van der Waals surface area contributed by atoms with E-state index < -0.39 is 9.28 Å². The molecule has 1 aliphatic rings. The zero-order valence-corrected chi connectivity index (χ0v) is 12.9. The molecule has 17 heavy (non-hydrogen) atoms. The topological polar surface area (TPSA) is 21.7 Å². The molecule has 1 aromatic rings. The molecule has 94 valence electrons. The Morgan fingerprint density at radius 3 is 2.88 bits per heavy atom. The summed E-state index contributed by atoms with van der Waals surface area (Å²) in [4.78, 5) is 1.38. The van der Waals surface area contributed by atoms with Gasteiger partial charge in [0, 0.05) is 24.9 Å². The van der Waals surface area contributed by atoms with E-state index in [1.165, 1.54) is 10.6 Å². The second kappa shape index (κ2) is 6.70. The summed E-state index contributed by atoms with van der Waals surface area (Å²) in [6.07, 6.45) is 0. The van der Waals surface area contributed by atoms with Crippen LogP contribution in [-0.2, 0) is 8.85 Å². The summed E-state index contributed by atoms with van der Waals surface area (Å²) in [6.45, 7) is 0. The van der Waals surface area contributed by atoms with Crippen LogP contribution in [0.25, 0.3) is 0 Å². The fourth-order valence-electron chi connectivity index (χ4n) is 1.68. The number of anilines is 1. The van der Waals surface area contributed by atoms with Gasteiger partial charge in [-0.25, -0.2) is 0 Å². The van der Waals surface area contributed by atoms with Crippen molar-refractivity contribution >= 4 is 38.7 Å². The second-order valence-electron chi connectivity index (χ2n) is 3.64. The largest absolute Gasteiger partial charge is 0.400 e. The molecule has 1 aromatic carbocycles. The van der Waals surface area contributed by atoms with Crippen LogP contribution < -0.4 is 4.31 Å². The molecule has 0 amide bonds. The third kappa shape index (κ3) is 3.42. The first-order valence-corrected chi connectivity index (χ1v) is 9.21. The van der Waals surface area contributed by atoms with Crippen LogP contribution in [0.5, 0.6) is 0 Å². The monoisotopic (exact) mass is 287 g/mol. The lowest BCUT2D eigenvalue weighted by Crippen LogP contribution is -2.20. The number of hydrogen-bond donors (Lipinski definition) is 0. The minimum atomic E-state index is -1.39. The Morgan fingerprint density at radius 2 is 2.12 bits per heavy atom. The van der Waals surface area contributed by atoms with Gasteiger partial charge in [-0.1, -0.05) is 12.1 Å². The van der Waals surface area contributed by atoms with Crippen LogP contribution in [0.15, 0.2) is 29.2 Å². The number of benzene rings is 1. The lowest BCUT2D eigenvalue weighted by atomic mass is 10.3. The quantitative estimate of drug-likeness (QED) is 0.591. The molecular weight excluding hydrogens is 270 g/mol. The molecule has 0 unspecified atom stereocenters. The Morgan fingerprint density at radius 1 is 1.35 bits per heavy atom. The van der Waals surface area contributed by atoms with Gasteiger partial charge < -0.3 is 13.2 Å². The van der Waals surface area contributed by atoms with Gasteiger partial charge in [0.1, 0.15) is 0 Å². The lowest BCUT2D eigenvalue weighted by Gasteiger charge is -2.17. The molecule has 0 saturated heterocycles. The minimum absolute atomic E-state index is 1.04. The van der Waals surface area contributed by atoms with Crippen molar-refractivity contribution in [1.82, 2.24) is 0 Å². The first-order valence-electron chi connectivity index (χ1n) is 5.53. The SMILES string of the molecule is CO[SiH](CCSN1CSc2ccccc21)OC. The van der Waals surface area contributed by atoms with E-state index in [2.05, 4.69) is 28.6 Å². The van der Waals surface area contributed by atoms with Crippen molar-refractivity contribution in [3.05, 3.63) is 24.3 Å². The summed E-state index contributed by atoms with van der Waals surface area (Å²) in [5.41, 5.74) is 1.34. The zero-order chi connectivity index (χ0) is 12.1. The molecule has 0 radical (unpaired) electrons. The standard InChI is InChI=1S/C11H17NO2S2Si/c1-13-17(14-2)8-7-16-12-9-15-11-6-4-3-5-10(11)12/h3-6,17H,7-9H2,1-2H3. The Bertz CT molecular complexity index is 363. The molecule has 0 spiro atoms. The predicted octanol–water partition coefficient (Wildman–Crippen LogP) is 2.72. The molecule has 0 atom stereocenters. The van der Waals surface area contributed by atoms with Crippen LogP contribution in [0.4, 0.5) is 5.69 Å². The van der Waals surface area contributed by atoms with Gasteiger partial charge in [-0.15, -0.1) is 11.8 Å². The molecule has 0 fully saturated rings. The number of fused-ring (bicyclic) bond motifs is 1. The van der Waals surface area contributed by atoms with E-state index in [1.54, 1.807) is 14.2 Å². The number of rotatable bonds is 6. The van der Waals surface area contributed by atoms with Crippen LogP contribution in [0.3, 0.4) is 0 Å². The summed E-state index contributed by atoms with van der Waals surface area (Å²) in [5.74, 6) is 2.10. The van der Waals surface area contributed by atoms with Crippen LogP contribution in [0, 0.1) is 0 Å². The summed E-state index contributed by atoms with van der Waals surface area (Å²) < 4.78 is 13.0. The highest BCUT2D eigenvalue weighted by molar-refractivity contribution is 8.04. The van der Waals surface area contributed by atoms with E-state index >= 15 is 0 Å². The molecule has 2 rings (SSSR count). The Labute approximate surface area is 113 Å². The molecule has 0 bridgehead atoms. The van der Waals surface area contributed by atoms with Crippen LogP contribution in [0.1, 0.15) is 0 Å². The third-order valence-corrected chi connectivity index (χ3v) is 7.09. The van der Waals surface area contributed by atoms with Gasteiger partial charge in [0.25, 0.3) is 0 Å². The maximum absolute atomic E-state index is 5.31. The fourth-order valence-corrected chi connectivity index (χ4v) is 5.47. The third-order valence-electron chi connectivity index (χ3n) is 2.60. The summed E-state index contributed by atoms with van der Waals surface area (Å²) >= 11 is 3.77. The Kier molecular flexibility index (Phi) is 5.24. The summed E-state index contributed by atoms with van der Waals surface area (Å²) in [5, 5.41) is 0. The van der Waals surface area contributed by atoms with Gasteiger partial charge in [-0.3, -0.25) is 0 Å².